The maximum absolute atomic E-state index is 12.0. The second-order valence-corrected chi connectivity index (χ2v) is 6.51. The summed E-state index contributed by atoms with van der Waals surface area (Å²) in [6.07, 6.45) is 1.53. The number of hydrogen-bond acceptors (Lipinski definition) is 7. The van der Waals surface area contributed by atoms with Gasteiger partial charge in [0.05, 0.1) is 24.6 Å². The molecular weight excluding hydrogens is 354 g/mol. The Morgan fingerprint density at radius 1 is 1.11 bits per heavy atom. The molecular formula is C21H23N5O2. The van der Waals surface area contributed by atoms with Crippen LogP contribution >= 0.6 is 0 Å². The zero-order valence-corrected chi connectivity index (χ0v) is 16.2. The molecule has 0 aliphatic carbocycles. The molecule has 0 radical (unpaired) electrons. The first-order chi connectivity index (χ1) is 13.6. The van der Waals surface area contributed by atoms with Gasteiger partial charge in [-0.15, -0.1) is 5.10 Å². The highest BCUT2D eigenvalue weighted by atomic mass is 16.5. The molecule has 0 saturated carbocycles. The molecule has 7 heteroatoms. The van der Waals surface area contributed by atoms with E-state index in [0.29, 0.717) is 29.6 Å². The summed E-state index contributed by atoms with van der Waals surface area (Å²) in [6, 6.07) is 17.4. The van der Waals surface area contributed by atoms with E-state index in [2.05, 4.69) is 51.4 Å². The Hall–Kier alpha value is -3.48. The topological polar surface area (TPSA) is 80.2 Å². The van der Waals surface area contributed by atoms with Crippen molar-refractivity contribution in [1.29, 1.82) is 0 Å². The standard InChI is InChI=1S/C21H23N5O2/c1-15(2)26(14-16-9-5-4-6-10-16)21-24-19(13-22-25-21)23-18-12-8-7-11-17(18)20(27)28-3/h4-13,15H,14H2,1-3H3,(H,23,24,25). The van der Waals surface area contributed by atoms with E-state index in [-0.39, 0.29) is 6.04 Å². The van der Waals surface area contributed by atoms with Crippen molar-refractivity contribution in [2.45, 2.75) is 26.4 Å². The van der Waals surface area contributed by atoms with Crippen LogP contribution in [0, 0.1) is 0 Å². The fraction of sp³-hybridized carbons (Fsp3) is 0.238. The van der Waals surface area contributed by atoms with Gasteiger partial charge in [-0.2, -0.15) is 10.1 Å². The van der Waals surface area contributed by atoms with Crippen molar-refractivity contribution in [2.24, 2.45) is 0 Å². The quantitative estimate of drug-likeness (QED) is 0.627. The summed E-state index contributed by atoms with van der Waals surface area (Å²) in [7, 11) is 1.35. The molecule has 3 aromatic rings. The lowest BCUT2D eigenvalue weighted by atomic mass is 10.2. The predicted octanol–water partition coefficient (Wildman–Crippen LogP) is 3.82. The molecule has 0 aliphatic rings. The van der Waals surface area contributed by atoms with Crippen LogP contribution in [-0.2, 0) is 11.3 Å². The minimum atomic E-state index is -0.418. The number of nitrogens with one attached hydrogen (secondary N) is 1. The van der Waals surface area contributed by atoms with E-state index < -0.39 is 5.97 Å². The average molecular weight is 377 g/mol. The van der Waals surface area contributed by atoms with Gasteiger partial charge >= 0.3 is 5.97 Å². The Morgan fingerprint density at radius 2 is 1.82 bits per heavy atom. The van der Waals surface area contributed by atoms with Crippen LogP contribution in [0.2, 0.25) is 0 Å². The van der Waals surface area contributed by atoms with Crippen LogP contribution < -0.4 is 10.2 Å². The summed E-state index contributed by atoms with van der Waals surface area (Å²) in [5.41, 5.74) is 2.18. The monoisotopic (exact) mass is 377 g/mol. The number of hydrogen-bond donors (Lipinski definition) is 1. The zero-order chi connectivity index (χ0) is 19.9. The molecule has 0 spiro atoms. The SMILES string of the molecule is COC(=O)c1ccccc1Nc1cnnc(N(Cc2ccccc2)C(C)C)n1. The number of rotatable bonds is 7. The number of benzene rings is 2. The highest BCUT2D eigenvalue weighted by molar-refractivity contribution is 5.96. The fourth-order valence-electron chi connectivity index (χ4n) is 2.76. The van der Waals surface area contributed by atoms with Crippen LogP contribution in [0.1, 0.15) is 29.8 Å². The van der Waals surface area contributed by atoms with Crippen LogP contribution in [0.5, 0.6) is 0 Å². The minimum Gasteiger partial charge on any atom is -0.465 e. The van der Waals surface area contributed by atoms with Gasteiger partial charge in [0.15, 0.2) is 5.82 Å². The third-order valence-corrected chi connectivity index (χ3v) is 4.22. The number of carbonyl (C=O) groups excluding carboxylic acids is 1. The number of methoxy groups -OCH3 is 1. The second-order valence-electron chi connectivity index (χ2n) is 6.51. The van der Waals surface area contributed by atoms with E-state index in [9.17, 15) is 4.79 Å². The number of para-hydroxylation sites is 1. The highest BCUT2D eigenvalue weighted by Gasteiger charge is 2.16. The molecule has 0 amide bonds. The first-order valence-corrected chi connectivity index (χ1v) is 9.03. The van der Waals surface area contributed by atoms with E-state index in [1.165, 1.54) is 13.3 Å². The third kappa shape index (κ3) is 4.62. The molecule has 7 nitrogen and oxygen atoms in total. The number of aromatic nitrogens is 3. The summed E-state index contributed by atoms with van der Waals surface area (Å²) in [5.74, 6) is 0.595. The summed E-state index contributed by atoms with van der Waals surface area (Å²) in [4.78, 5) is 18.6. The lowest BCUT2D eigenvalue weighted by Gasteiger charge is -2.26. The number of nitrogens with zero attached hydrogens (tertiary/aromatic N) is 4. The summed E-state index contributed by atoms with van der Waals surface area (Å²) in [5, 5.41) is 11.4. The van der Waals surface area contributed by atoms with Crippen molar-refractivity contribution >= 4 is 23.4 Å². The van der Waals surface area contributed by atoms with Gasteiger partial charge in [-0.25, -0.2) is 4.79 Å². The van der Waals surface area contributed by atoms with Gasteiger partial charge < -0.3 is 15.0 Å². The molecule has 0 fully saturated rings. The van der Waals surface area contributed by atoms with Crippen LogP contribution in [0.15, 0.2) is 60.8 Å². The van der Waals surface area contributed by atoms with E-state index in [1.807, 2.05) is 24.3 Å². The normalized spacial score (nSPS) is 10.6. The van der Waals surface area contributed by atoms with Crippen LogP contribution in [0.25, 0.3) is 0 Å². The van der Waals surface area contributed by atoms with Crippen LogP contribution in [-0.4, -0.2) is 34.3 Å². The van der Waals surface area contributed by atoms with Crippen LogP contribution in [0.4, 0.5) is 17.5 Å². The van der Waals surface area contributed by atoms with Gasteiger partial charge in [0.25, 0.3) is 0 Å². The number of ether oxygens (including phenoxy) is 1. The molecule has 2 aromatic carbocycles. The molecule has 144 valence electrons. The Morgan fingerprint density at radius 3 is 2.54 bits per heavy atom. The van der Waals surface area contributed by atoms with Gasteiger partial charge in [-0.1, -0.05) is 42.5 Å². The summed E-state index contributed by atoms with van der Waals surface area (Å²) >= 11 is 0. The van der Waals surface area contributed by atoms with Crippen molar-refractivity contribution in [3.63, 3.8) is 0 Å². The zero-order valence-electron chi connectivity index (χ0n) is 16.2. The summed E-state index contributed by atoms with van der Waals surface area (Å²) in [6.45, 7) is 4.83. The van der Waals surface area contributed by atoms with Gasteiger partial charge in [0, 0.05) is 12.6 Å². The van der Waals surface area contributed by atoms with E-state index in [1.54, 1.807) is 18.2 Å². The number of esters is 1. The maximum atomic E-state index is 12.0. The first kappa shape index (κ1) is 19.3. The van der Waals surface area contributed by atoms with Crippen molar-refractivity contribution < 1.29 is 9.53 Å². The predicted molar refractivity (Wildman–Crippen MR) is 109 cm³/mol. The summed E-state index contributed by atoms with van der Waals surface area (Å²) < 4.78 is 4.84. The van der Waals surface area contributed by atoms with Crippen molar-refractivity contribution in [1.82, 2.24) is 15.2 Å². The number of carbonyl (C=O) groups is 1. The highest BCUT2D eigenvalue weighted by Crippen LogP contribution is 2.22. The van der Waals surface area contributed by atoms with Gasteiger partial charge in [0.2, 0.25) is 5.95 Å². The van der Waals surface area contributed by atoms with Crippen molar-refractivity contribution in [3.8, 4) is 0 Å². The maximum Gasteiger partial charge on any atom is 0.339 e. The van der Waals surface area contributed by atoms with Gasteiger partial charge in [-0.05, 0) is 31.5 Å². The lowest BCUT2D eigenvalue weighted by molar-refractivity contribution is 0.0602. The molecule has 28 heavy (non-hydrogen) atoms. The Kier molecular flexibility index (Phi) is 6.16. The van der Waals surface area contributed by atoms with Crippen LogP contribution in [0.3, 0.4) is 0 Å². The molecule has 0 saturated heterocycles. The minimum absolute atomic E-state index is 0.180. The van der Waals surface area contributed by atoms with Crippen molar-refractivity contribution in [2.75, 3.05) is 17.3 Å². The largest absolute Gasteiger partial charge is 0.465 e. The molecule has 0 aliphatic heterocycles. The fourth-order valence-corrected chi connectivity index (χ4v) is 2.76. The van der Waals surface area contributed by atoms with Gasteiger partial charge in [-0.3, -0.25) is 0 Å². The Bertz CT molecular complexity index is 931. The lowest BCUT2D eigenvalue weighted by Crippen LogP contribution is -2.32. The molecule has 1 aromatic heterocycles. The third-order valence-electron chi connectivity index (χ3n) is 4.22. The number of anilines is 3. The van der Waals surface area contributed by atoms with E-state index >= 15 is 0 Å². The molecule has 0 unspecified atom stereocenters. The molecule has 0 atom stereocenters. The first-order valence-electron chi connectivity index (χ1n) is 9.03. The average Bonchev–Trinajstić information content (AvgIpc) is 2.72. The van der Waals surface area contributed by atoms with E-state index in [0.717, 1.165) is 5.56 Å². The smallest absolute Gasteiger partial charge is 0.339 e. The Balaban J connectivity index is 1.86. The van der Waals surface area contributed by atoms with Gasteiger partial charge in [0.1, 0.15) is 0 Å². The second kappa shape index (κ2) is 8.94. The Labute approximate surface area is 164 Å². The molecule has 0 bridgehead atoms. The van der Waals surface area contributed by atoms with E-state index in [4.69, 9.17) is 4.74 Å². The molecule has 1 heterocycles. The molecule has 3 rings (SSSR count). The molecule has 1 N–H and O–H groups in total. The van der Waals surface area contributed by atoms with Crippen molar-refractivity contribution in [3.05, 3.63) is 71.9 Å².